The average Bonchev–Trinajstić information content (AvgIpc) is 3.71. The molecule has 2 aromatic heterocycles. The molecule has 0 bridgehead atoms. The number of anilines is 2. The van der Waals surface area contributed by atoms with Crippen molar-refractivity contribution >= 4 is 34.2 Å². The highest BCUT2D eigenvalue weighted by Crippen LogP contribution is 2.33. The molecule has 214 valence electrons. The van der Waals surface area contributed by atoms with Crippen LogP contribution in [0, 0.1) is 6.92 Å². The molecule has 0 radical (unpaired) electrons. The molecule has 10 nitrogen and oxygen atoms in total. The second-order valence-electron chi connectivity index (χ2n) is 9.55. The molecule has 14 heteroatoms. The number of carbonyl (C=O) groups is 2. The van der Waals surface area contributed by atoms with Crippen molar-refractivity contribution < 1.29 is 27.5 Å². The predicted octanol–water partition coefficient (Wildman–Crippen LogP) is 5.74. The van der Waals surface area contributed by atoms with E-state index < -0.39 is 23.7 Å². The van der Waals surface area contributed by atoms with Gasteiger partial charge in [0, 0.05) is 24.0 Å². The normalized spacial score (nSPS) is 13.8. The highest BCUT2D eigenvalue weighted by molar-refractivity contribution is 7.19. The fraction of sp³-hybridized carbons (Fsp3) is 0.296. The number of hydrogen-bond donors (Lipinski definition) is 2. The van der Waals surface area contributed by atoms with Gasteiger partial charge in [0.25, 0.3) is 5.91 Å². The fourth-order valence-electron chi connectivity index (χ4n) is 4.50. The van der Waals surface area contributed by atoms with Crippen LogP contribution in [0.5, 0.6) is 0 Å². The summed E-state index contributed by atoms with van der Waals surface area (Å²) in [5.74, 6) is -0.556. The Morgan fingerprint density at radius 3 is 2.61 bits per heavy atom. The van der Waals surface area contributed by atoms with E-state index in [1.165, 1.54) is 29.3 Å². The van der Waals surface area contributed by atoms with Crippen LogP contribution in [0.2, 0.25) is 0 Å². The van der Waals surface area contributed by atoms with Crippen LogP contribution >= 0.6 is 11.3 Å². The lowest BCUT2D eigenvalue weighted by molar-refractivity contribution is -0.137. The first-order chi connectivity index (χ1) is 19.6. The number of amides is 2. The monoisotopic (exact) mass is 585 g/mol. The van der Waals surface area contributed by atoms with E-state index in [4.69, 9.17) is 0 Å². The minimum Gasteiger partial charge on any atom is -0.453 e. The van der Waals surface area contributed by atoms with Crippen molar-refractivity contribution in [2.45, 2.75) is 32.5 Å². The third-order valence-electron chi connectivity index (χ3n) is 6.55. The summed E-state index contributed by atoms with van der Waals surface area (Å²) < 4.78 is 47.0. The predicted molar refractivity (Wildman–Crippen MR) is 147 cm³/mol. The van der Waals surface area contributed by atoms with Gasteiger partial charge in [-0.2, -0.15) is 13.2 Å². The van der Waals surface area contributed by atoms with Gasteiger partial charge in [-0.05, 0) is 74.3 Å². The minimum atomic E-state index is -4.55. The molecule has 1 saturated heterocycles. The van der Waals surface area contributed by atoms with Gasteiger partial charge in [0.15, 0.2) is 5.13 Å². The maximum Gasteiger partial charge on any atom is 0.416 e. The topological polar surface area (TPSA) is 114 Å². The number of nitrogens with one attached hydrogen (secondary N) is 2. The van der Waals surface area contributed by atoms with E-state index in [-0.39, 0.29) is 11.3 Å². The summed E-state index contributed by atoms with van der Waals surface area (Å²) in [5, 5.41) is 13.8. The van der Waals surface area contributed by atoms with Crippen LogP contribution in [-0.4, -0.2) is 57.1 Å². The van der Waals surface area contributed by atoms with Crippen LogP contribution in [0.1, 0.15) is 39.9 Å². The maximum atomic E-state index is 13.6. The molecule has 5 rings (SSSR count). The van der Waals surface area contributed by atoms with Crippen LogP contribution in [0.4, 0.5) is 28.8 Å². The SMILES string of the molecule is COC(=O)Nc1ncc(-c2cn(-c3cc(C(=O)Nc4cc(CN5CCCC5)cc(C(F)(F)F)c4)ccc3C)nn2)s1. The Bertz CT molecular complexity index is 1580. The molecule has 0 spiro atoms. The number of rotatable bonds is 7. The number of benzene rings is 2. The Morgan fingerprint density at radius 1 is 1.10 bits per heavy atom. The van der Waals surface area contributed by atoms with Crippen molar-refractivity contribution in [3.05, 3.63) is 71.0 Å². The van der Waals surface area contributed by atoms with Gasteiger partial charge in [-0.3, -0.25) is 15.0 Å². The first-order valence-electron chi connectivity index (χ1n) is 12.7. The first kappa shape index (κ1) is 28.2. The molecule has 2 aromatic carbocycles. The number of thiazole rings is 1. The number of aryl methyl sites for hydroxylation is 1. The van der Waals surface area contributed by atoms with Crippen molar-refractivity contribution in [1.82, 2.24) is 24.9 Å². The third-order valence-corrected chi connectivity index (χ3v) is 7.48. The van der Waals surface area contributed by atoms with Gasteiger partial charge in [-0.1, -0.05) is 22.6 Å². The zero-order valence-corrected chi connectivity index (χ0v) is 23.0. The third kappa shape index (κ3) is 6.72. The van der Waals surface area contributed by atoms with Crippen molar-refractivity contribution in [2.24, 2.45) is 0 Å². The number of aromatic nitrogens is 4. The van der Waals surface area contributed by atoms with Crippen molar-refractivity contribution in [2.75, 3.05) is 30.8 Å². The van der Waals surface area contributed by atoms with Gasteiger partial charge in [-0.15, -0.1) is 5.10 Å². The van der Waals surface area contributed by atoms with Gasteiger partial charge < -0.3 is 10.1 Å². The van der Waals surface area contributed by atoms with Crippen LogP contribution < -0.4 is 10.6 Å². The van der Waals surface area contributed by atoms with E-state index in [1.807, 2.05) is 6.92 Å². The van der Waals surface area contributed by atoms with Crippen LogP contribution in [0.25, 0.3) is 16.3 Å². The molecule has 41 heavy (non-hydrogen) atoms. The van der Waals surface area contributed by atoms with E-state index in [1.54, 1.807) is 30.5 Å². The van der Waals surface area contributed by atoms with Gasteiger partial charge >= 0.3 is 12.3 Å². The summed E-state index contributed by atoms with van der Waals surface area (Å²) in [6.45, 7) is 3.89. The first-order valence-corrected chi connectivity index (χ1v) is 13.5. The minimum absolute atomic E-state index is 0.0748. The van der Waals surface area contributed by atoms with Crippen molar-refractivity contribution in [3.63, 3.8) is 0 Å². The molecule has 0 atom stereocenters. The Balaban J connectivity index is 1.36. The average molecular weight is 586 g/mol. The zero-order chi connectivity index (χ0) is 29.1. The maximum absolute atomic E-state index is 13.6. The largest absolute Gasteiger partial charge is 0.453 e. The van der Waals surface area contributed by atoms with Crippen LogP contribution in [-0.2, 0) is 17.5 Å². The Labute approximate surface area is 237 Å². The number of hydrogen-bond acceptors (Lipinski definition) is 8. The molecule has 1 fully saturated rings. The highest BCUT2D eigenvalue weighted by atomic mass is 32.1. The van der Waals surface area contributed by atoms with E-state index in [2.05, 4.69) is 35.6 Å². The Morgan fingerprint density at radius 2 is 1.88 bits per heavy atom. The van der Waals surface area contributed by atoms with E-state index in [0.717, 1.165) is 43.6 Å². The number of likely N-dealkylation sites (tertiary alicyclic amines) is 1. The molecule has 0 aliphatic carbocycles. The molecular formula is C27H26F3N7O3S. The quantitative estimate of drug-likeness (QED) is 0.284. The summed E-state index contributed by atoms with van der Waals surface area (Å²) in [6.07, 6.45) is 0.0298. The number of ether oxygens (including phenoxy) is 1. The molecule has 1 aliphatic heterocycles. The lowest BCUT2D eigenvalue weighted by atomic mass is 10.1. The van der Waals surface area contributed by atoms with E-state index in [9.17, 15) is 22.8 Å². The lowest BCUT2D eigenvalue weighted by Gasteiger charge is -2.18. The number of halogens is 3. The zero-order valence-electron chi connectivity index (χ0n) is 22.2. The van der Waals surface area contributed by atoms with Crippen LogP contribution in [0.15, 0.2) is 48.8 Å². The standard InChI is InChI=1S/C27H26F3N7O3S/c1-16-5-6-18(11-22(16)37-15-21(34-35-37)23-13-31-25(41-23)33-26(39)40-2)24(38)32-20-10-17(14-36-7-3-4-8-36)9-19(12-20)27(28,29)30/h5-6,9-13,15H,3-4,7-8,14H2,1-2H3,(H,32,38)(H,31,33,39). The van der Waals surface area contributed by atoms with Crippen LogP contribution in [0.3, 0.4) is 0 Å². The smallest absolute Gasteiger partial charge is 0.416 e. The molecule has 2 N–H and O–H groups in total. The van der Waals surface area contributed by atoms with Crippen molar-refractivity contribution in [1.29, 1.82) is 0 Å². The van der Waals surface area contributed by atoms with Crippen molar-refractivity contribution in [3.8, 4) is 16.3 Å². The molecule has 0 unspecified atom stereocenters. The summed E-state index contributed by atoms with van der Waals surface area (Å²) >= 11 is 1.18. The van der Waals surface area contributed by atoms with Gasteiger partial charge in [0.2, 0.25) is 0 Å². The molecule has 1 aliphatic rings. The summed E-state index contributed by atoms with van der Waals surface area (Å²) in [6, 6.07) is 8.59. The molecule has 0 saturated carbocycles. The summed E-state index contributed by atoms with van der Waals surface area (Å²) in [7, 11) is 1.25. The molecule has 2 amide bonds. The molecular weight excluding hydrogens is 559 g/mol. The number of alkyl halides is 3. The Hall–Kier alpha value is -4.30. The fourth-order valence-corrected chi connectivity index (χ4v) is 5.25. The van der Waals surface area contributed by atoms with Gasteiger partial charge in [0.1, 0.15) is 5.69 Å². The summed E-state index contributed by atoms with van der Waals surface area (Å²) in [4.78, 5) is 31.4. The second kappa shape index (κ2) is 11.7. The number of carbonyl (C=O) groups excluding carboxylic acids is 2. The highest BCUT2D eigenvalue weighted by Gasteiger charge is 2.31. The molecule has 3 heterocycles. The molecule has 4 aromatic rings. The van der Waals surface area contributed by atoms with E-state index >= 15 is 0 Å². The second-order valence-corrected chi connectivity index (χ2v) is 10.6. The van der Waals surface area contributed by atoms with E-state index in [0.29, 0.717) is 33.5 Å². The number of nitrogens with zero attached hydrogens (tertiary/aromatic N) is 5. The summed E-state index contributed by atoms with van der Waals surface area (Å²) in [5.41, 5.74) is 1.84. The van der Waals surface area contributed by atoms with Gasteiger partial charge in [-0.25, -0.2) is 14.5 Å². The van der Waals surface area contributed by atoms with Gasteiger partial charge in [0.05, 0.1) is 29.4 Å². The Kier molecular flexibility index (Phi) is 8.03. The lowest BCUT2D eigenvalue weighted by Crippen LogP contribution is -2.20. The number of methoxy groups -OCH3 is 1.